The van der Waals surface area contributed by atoms with Crippen molar-refractivity contribution in [3.63, 3.8) is 0 Å². The predicted molar refractivity (Wildman–Crippen MR) is 106 cm³/mol. The van der Waals surface area contributed by atoms with Crippen molar-refractivity contribution in [3.05, 3.63) is 77.9 Å². The van der Waals surface area contributed by atoms with E-state index >= 15 is 0 Å². The minimum atomic E-state index is -0.270. The molecule has 148 valence electrons. The Labute approximate surface area is 168 Å². The summed E-state index contributed by atoms with van der Waals surface area (Å²) in [4.78, 5) is 31.1. The van der Waals surface area contributed by atoms with Crippen LogP contribution in [0.4, 0.5) is 0 Å². The van der Waals surface area contributed by atoms with Gasteiger partial charge in [0.15, 0.2) is 5.69 Å². The number of aromatic nitrogens is 4. The maximum absolute atomic E-state index is 12.7. The number of amides is 2. The molecule has 8 nitrogen and oxygen atoms in total. The van der Waals surface area contributed by atoms with Gasteiger partial charge in [0, 0.05) is 19.3 Å². The molecule has 8 heteroatoms. The lowest BCUT2D eigenvalue weighted by molar-refractivity contribution is 0.0715. The molecule has 0 saturated carbocycles. The first-order valence-corrected chi connectivity index (χ1v) is 9.65. The molecule has 4 rings (SSSR count). The third kappa shape index (κ3) is 4.48. The topological polar surface area (TPSA) is 93.0 Å². The summed E-state index contributed by atoms with van der Waals surface area (Å²) in [5.41, 5.74) is 1.73. The average molecular weight is 390 g/mol. The molecule has 29 heavy (non-hydrogen) atoms. The molecule has 1 aliphatic rings. The minimum absolute atomic E-state index is 0.00596. The summed E-state index contributed by atoms with van der Waals surface area (Å²) in [6, 6.07) is 15.0. The summed E-state index contributed by atoms with van der Waals surface area (Å²) < 4.78 is 1.63. The average Bonchev–Trinajstić information content (AvgIpc) is 3.43. The lowest BCUT2D eigenvalue weighted by Gasteiger charge is -2.24. The summed E-state index contributed by atoms with van der Waals surface area (Å²) in [6.07, 6.45) is 5.06. The monoisotopic (exact) mass is 390 g/mol. The van der Waals surface area contributed by atoms with E-state index in [2.05, 4.69) is 20.6 Å². The van der Waals surface area contributed by atoms with E-state index in [9.17, 15) is 9.59 Å². The summed E-state index contributed by atoms with van der Waals surface area (Å²) in [6.45, 7) is 1.62. The van der Waals surface area contributed by atoms with Crippen LogP contribution in [-0.4, -0.2) is 49.3 Å². The fraction of sp³-hybridized carbons (Fsp3) is 0.286. The van der Waals surface area contributed by atoms with Gasteiger partial charge in [-0.05, 0) is 30.5 Å². The molecule has 0 spiro atoms. The third-order valence-electron chi connectivity index (χ3n) is 4.99. The van der Waals surface area contributed by atoms with Gasteiger partial charge in [-0.15, -0.1) is 5.10 Å². The Kier molecular flexibility index (Phi) is 5.60. The first-order chi connectivity index (χ1) is 14.2. The Balaban J connectivity index is 1.37. The second-order valence-corrected chi connectivity index (χ2v) is 7.00. The molecule has 2 aromatic heterocycles. The van der Waals surface area contributed by atoms with E-state index in [1.165, 1.54) is 0 Å². The smallest absolute Gasteiger partial charge is 0.273 e. The normalized spacial score (nSPS) is 16.0. The lowest BCUT2D eigenvalue weighted by Crippen LogP contribution is -2.38. The molecule has 0 aliphatic carbocycles. The molecule has 2 amide bonds. The van der Waals surface area contributed by atoms with Crippen molar-refractivity contribution in [2.45, 2.75) is 32.0 Å². The molecular formula is C21H22N6O2. The number of pyridine rings is 1. The number of carbonyl (C=O) groups is 2. The highest BCUT2D eigenvalue weighted by Gasteiger charge is 2.30. The molecule has 1 N–H and O–H groups in total. The van der Waals surface area contributed by atoms with Gasteiger partial charge >= 0.3 is 0 Å². The summed E-state index contributed by atoms with van der Waals surface area (Å²) in [5.74, 6) is -0.345. The second-order valence-electron chi connectivity index (χ2n) is 7.00. The van der Waals surface area contributed by atoms with Crippen molar-refractivity contribution in [2.24, 2.45) is 0 Å². The van der Waals surface area contributed by atoms with Gasteiger partial charge in [-0.1, -0.05) is 41.6 Å². The van der Waals surface area contributed by atoms with E-state index in [1.54, 1.807) is 29.2 Å². The molecule has 1 fully saturated rings. The highest BCUT2D eigenvalue weighted by Crippen LogP contribution is 2.21. The van der Waals surface area contributed by atoms with Crippen LogP contribution in [0.3, 0.4) is 0 Å². The summed E-state index contributed by atoms with van der Waals surface area (Å²) in [5, 5.41) is 10.9. The SMILES string of the molecule is O=C(NCc1ccccc1)c1cn(C[C@@H]2CCCN2C(=O)c2ccccn2)nn1. The largest absolute Gasteiger partial charge is 0.347 e. The van der Waals surface area contributed by atoms with Crippen molar-refractivity contribution in [1.82, 2.24) is 30.2 Å². The molecule has 0 bridgehead atoms. The molecular weight excluding hydrogens is 368 g/mol. The Morgan fingerprint density at radius 3 is 2.69 bits per heavy atom. The van der Waals surface area contributed by atoms with Crippen molar-refractivity contribution in [2.75, 3.05) is 6.54 Å². The fourth-order valence-corrected chi connectivity index (χ4v) is 3.51. The van der Waals surface area contributed by atoms with Crippen molar-refractivity contribution in [1.29, 1.82) is 0 Å². The summed E-state index contributed by atoms with van der Waals surface area (Å²) >= 11 is 0. The zero-order chi connectivity index (χ0) is 20.1. The first-order valence-electron chi connectivity index (χ1n) is 9.65. The number of hydrogen-bond donors (Lipinski definition) is 1. The third-order valence-corrected chi connectivity index (χ3v) is 4.99. The van der Waals surface area contributed by atoms with Crippen LogP contribution >= 0.6 is 0 Å². The van der Waals surface area contributed by atoms with Gasteiger partial charge in [-0.2, -0.15) is 0 Å². The van der Waals surface area contributed by atoms with Gasteiger partial charge < -0.3 is 10.2 Å². The molecule has 3 aromatic rings. The van der Waals surface area contributed by atoms with Crippen molar-refractivity contribution >= 4 is 11.8 Å². The first kappa shape index (κ1) is 18.8. The van der Waals surface area contributed by atoms with Crippen LogP contribution in [0.2, 0.25) is 0 Å². The summed E-state index contributed by atoms with van der Waals surface area (Å²) in [7, 11) is 0. The highest BCUT2D eigenvalue weighted by atomic mass is 16.2. The Hall–Kier alpha value is -3.55. The zero-order valence-corrected chi connectivity index (χ0v) is 15.9. The van der Waals surface area contributed by atoms with E-state index < -0.39 is 0 Å². The molecule has 1 aliphatic heterocycles. The Bertz CT molecular complexity index is 973. The molecule has 1 aromatic carbocycles. The number of carbonyl (C=O) groups excluding carboxylic acids is 2. The number of benzene rings is 1. The second kappa shape index (κ2) is 8.64. The van der Waals surface area contributed by atoms with Crippen molar-refractivity contribution < 1.29 is 9.59 Å². The molecule has 0 unspecified atom stereocenters. The van der Waals surface area contributed by atoms with Crippen LogP contribution in [0, 0.1) is 0 Å². The standard InChI is InChI=1S/C21H22N6O2/c28-20(23-13-16-7-2-1-3-8-16)19-15-26(25-24-19)14-17-9-6-12-27(17)21(29)18-10-4-5-11-22-18/h1-5,7-8,10-11,15,17H,6,9,12-14H2,(H,23,28)/t17-/m0/s1. The Morgan fingerprint density at radius 2 is 1.90 bits per heavy atom. The number of hydrogen-bond acceptors (Lipinski definition) is 5. The van der Waals surface area contributed by atoms with E-state index in [0.29, 0.717) is 25.3 Å². The van der Waals surface area contributed by atoms with Gasteiger partial charge in [-0.3, -0.25) is 14.6 Å². The van der Waals surface area contributed by atoms with Gasteiger partial charge in [0.1, 0.15) is 5.69 Å². The van der Waals surface area contributed by atoms with Crippen LogP contribution in [0.5, 0.6) is 0 Å². The molecule has 0 radical (unpaired) electrons. The number of rotatable bonds is 6. The van der Waals surface area contributed by atoms with Gasteiger partial charge in [0.2, 0.25) is 0 Å². The van der Waals surface area contributed by atoms with Crippen molar-refractivity contribution in [3.8, 4) is 0 Å². The zero-order valence-electron chi connectivity index (χ0n) is 15.9. The van der Waals surface area contributed by atoms with Crippen LogP contribution < -0.4 is 5.32 Å². The predicted octanol–water partition coefficient (Wildman–Crippen LogP) is 1.91. The number of likely N-dealkylation sites (tertiary alicyclic amines) is 1. The number of nitrogens with one attached hydrogen (secondary N) is 1. The highest BCUT2D eigenvalue weighted by molar-refractivity contribution is 5.92. The minimum Gasteiger partial charge on any atom is -0.347 e. The maximum Gasteiger partial charge on any atom is 0.273 e. The van der Waals surface area contributed by atoms with Crippen LogP contribution in [0.15, 0.2) is 60.9 Å². The Morgan fingerprint density at radius 1 is 1.07 bits per heavy atom. The van der Waals surface area contributed by atoms with E-state index in [4.69, 9.17) is 0 Å². The van der Waals surface area contributed by atoms with Crippen LogP contribution in [0.1, 0.15) is 39.4 Å². The van der Waals surface area contributed by atoms with Crippen LogP contribution in [-0.2, 0) is 13.1 Å². The van der Waals surface area contributed by atoms with Gasteiger partial charge in [-0.25, -0.2) is 4.68 Å². The quantitative estimate of drug-likeness (QED) is 0.694. The molecule has 1 saturated heterocycles. The fourth-order valence-electron chi connectivity index (χ4n) is 3.51. The van der Waals surface area contributed by atoms with Crippen LogP contribution in [0.25, 0.3) is 0 Å². The lowest BCUT2D eigenvalue weighted by atomic mass is 10.2. The van der Waals surface area contributed by atoms with E-state index in [0.717, 1.165) is 18.4 Å². The van der Waals surface area contributed by atoms with Gasteiger partial charge in [0.25, 0.3) is 11.8 Å². The number of nitrogens with zero attached hydrogens (tertiary/aromatic N) is 5. The molecule has 3 heterocycles. The van der Waals surface area contributed by atoms with E-state index in [1.807, 2.05) is 41.3 Å². The molecule has 1 atom stereocenters. The van der Waals surface area contributed by atoms with Gasteiger partial charge in [0.05, 0.1) is 18.8 Å². The van der Waals surface area contributed by atoms with E-state index in [-0.39, 0.29) is 23.6 Å². The maximum atomic E-state index is 12.7.